The Labute approximate surface area is 163 Å². The van der Waals surface area contributed by atoms with E-state index in [0.717, 1.165) is 10.0 Å². The summed E-state index contributed by atoms with van der Waals surface area (Å²) in [7, 11) is -7.69. The van der Waals surface area contributed by atoms with Crippen LogP contribution in [-0.2, 0) is 20.0 Å². The molecule has 0 fully saturated rings. The Hall–Kier alpha value is -1.26. The first kappa shape index (κ1) is 21.0. The Balaban J connectivity index is 2.46. The lowest BCUT2D eigenvalue weighted by atomic mass is 10.1. The molecule has 0 saturated heterocycles. The van der Waals surface area contributed by atoms with Crippen molar-refractivity contribution in [2.75, 3.05) is 6.54 Å². The maximum absolute atomic E-state index is 13.1. The highest BCUT2D eigenvalue weighted by Gasteiger charge is 2.30. The molecular formula is C17H21BrN2O4S2. The van der Waals surface area contributed by atoms with E-state index in [-0.39, 0.29) is 9.79 Å². The highest BCUT2D eigenvalue weighted by molar-refractivity contribution is 9.10. The van der Waals surface area contributed by atoms with Crippen LogP contribution in [0.2, 0.25) is 0 Å². The number of nitrogens with zero attached hydrogens (tertiary/aromatic N) is 1. The van der Waals surface area contributed by atoms with Crippen LogP contribution in [0.25, 0.3) is 0 Å². The van der Waals surface area contributed by atoms with E-state index in [0.29, 0.717) is 13.0 Å². The molecule has 0 aliphatic carbocycles. The van der Waals surface area contributed by atoms with E-state index >= 15 is 0 Å². The Morgan fingerprint density at radius 2 is 1.54 bits per heavy atom. The summed E-state index contributed by atoms with van der Waals surface area (Å²) < 4.78 is 51.3. The zero-order chi connectivity index (χ0) is 19.5. The fourth-order valence-corrected chi connectivity index (χ4v) is 5.48. The van der Waals surface area contributed by atoms with Gasteiger partial charge in [0, 0.05) is 17.1 Å². The van der Waals surface area contributed by atoms with Crippen LogP contribution in [0.3, 0.4) is 0 Å². The number of nitrogens with two attached hydrogens (primary N) is 1. The molecule has 1 atom stereocenters. The molecule has 9 heteroatoms. The molecule has 0 aliphatic heterocycles. The van der Waals surface area contributed by atoms with Gasteiger partial charge in [0.15, 0.2) is 0 Å². The van der Waals surface area contributed by atoms with Gasteiger partial charge in [-0.15, -0.1) is 0 Å². The summed E-state index contributed by atoms with van der Waals surface area (Å²) >= 11 is 3.47. The number of primary sulfonamides is 1. The zero-order valence-corrected chi connectivity index (χ0v) is 17.7. The number of benzene rings is 2. The van der Waals surface area contributed by atoms with Gasteiger partial charge in [-0.1, -0.05) is 41.1 Å². The molecule has 26 heavy (non-hydrogen) atoms. The summed E-state index contributed by atoms with van der Waals surface area (Å²) in [6.07, 6.45) is 0.642. The second kappa shape index (κ2) is 8.18. The van der Waals surface area contributed by atoms with E-state index in [9.17, 15) is 16.8 Å². The van der Waals surface area contributed by atoms with E-state index in [1.54, 1.807) is 0 Å². The molecule has 1 unspecified atom stereocenters. The Morgan fingerprint density at radius 3 is 2.04 bits per heavy atom. The van der Waals surface area contributed by atoms with E-state index in [1.165, 1.54) is 28.6 Å². The zero-order valence-electron chi connectivity index (χ0n) is 14.5. The van der Waals surface area contributed by atoms with Crippen molar-refractivity contribution in [3.05, 3.63) is 58.6 Å². The number of hydrogen-bond acceptors (Lipinski definition) is 4. The van der Waals surface area contributed by atoms with Gasteiger partial charge in [0.25, 0.3) is 0 Å². The van der Waals surface area contributed by atoms with Gasteiger partial charge < -0.3 is 0 Å². The smallest absolute Gasteiger partial charge is 0.225 e. The van der Waals surface area contributed by atoms with Crippen LogP contribution in [0.5, 0.6) is 0 Å². The lowest BCUT2D eigenvalue weighted by Gasteiger charge is -2.29. The minimum Gasteiger partial charge on any atom is -0.225 e. The quantitative estimate of drug-likeness (QED) is 0.685. The summed E-state index contributed by atoms with van der Waals surface area (Å²) in [5.74, 6) is 0. The average molecular weight is 461 g/mol. The monoisotopic (exact) mass is 460 g/mol. The topological polar surface area (TPSA) is 97.5 Å². The largest absolute Gasteiger partial charge is 0.243 e. The number of rotatable bonds is 7. The predicted molar refractivity (Wildman–Crippen MR) is 105 cm³/mol. The van der Waals surface area contributed by atoms with E-state index in [4.69, 9.17) is 5.14 Å². The second-order valence-corrected chi connectivity index (χ2v) is 10.1. The van der Waals surface area contributed by atoms with Gasteiger partial charge >= 0.3 is 0 Å². The molecule has 0 heterocycles. The summed E-state index contributed by atoms with van der Waals surface area (Å²) in [6, 6.07) is 12.0. The van der Waals surface area contributed by atoms with Crippen molar-refractivity contribution in [3.63, 3.8) is 0 Å². The molecule has 6 nitrogen and oxygen atoms in total. The summed E-state index contributed by atoms with van der Waals surface area (Å²) in [5, 5.41) is 5.07. The van der Waals surface area contributed by atoms with Crippen molar-refractivity contribution in [2.45, 2.75) is 36.1 Å². The molecule has 0 aliphatic rings. The Kier molecular flexibility index (Phi) is 6.62. The standard InChI is InChI=1S/C17H21BrN2O4S2/c1-3-12-20(13(2)16-6-4-5-7-17(16)18)26(23,24)15-10-8-14(9-11-15)25(19,21)22/h4-11,13H,3,12H2,1-2H3,(H2,19,21,22). The minimum atomic E-state index is -3.88. The van der Waals surface area contributed by atoms with Gasteiger partial charge in [-0.3, -0.25) is 0 Å². The van der Waals surface area contributed by atoms with Crippen molar-refractivity contribution in [2.24, 2.45) is 5.14 Å². The third-order valence-corrected chi connectivity index (χ3v) is 7.63. The highest BCUT2D eigenvalue weighted by atomic mass is 79.9. The van der Waals surface area contributed by atoms with Crippen LogP contribution in [0.15, 0.2) is 62.8 Å². The van der Waals surface area contributed by atoms with Gasteiger partial charge in [0.05, 0.1) is 9.79 Å². The molecule has 2 rings (SSSR count). The summed E-state index contributed by atoms with van der Waals surface area (Å²) in [4.78, 5) is -0.102. The first-order chi connectivity index (χ1) is 12.1. The van der Waals surface area contributed by atoms with Gasteiger partial charge in [-0.25, -0.2) is 22.0 Å². The van der Waals surface area contributed by atoms with Crippen LogP contribution >= 0.6 is 15.9 Å². The first-order valence-electron chi connectivity index (χ1n) is 7.98. The fourth-order valence-electron chi connectivity index (χ4n) is 2.65. The Bertz CT molecular complexity index is 974. The summed E-state index contributed by atoms with van der Waals surface area (Å²) in [6.45, 7) is 4.06. The molecule has 0 radical (unpaired) electrons. The molecule has 0 saturated carbocycles. The molecule has 142 valence electrons. The third-order valence-electron chi connectivity index (χ3n) is 3.99. The molecule has 2 aromatic carbocycles. The van der Waals surface area contributed by atoms with Gasteiger partial charge in [-0.05, 0) is 49.2 Å². The van der Waals surface area contributed by atoms with Crippen LogP contribution < -0.4 is 5.14 Å². The Morgan fingerprint density at radius 1 is 1.00 bits per heavy atom. The lowest BCUT2D eigenvalue weighted by Crippen LogP contribution is -2.34. The first-order valence-corrected chi connectivity index (χ1v) is 11.8. The van der Waals surface area contributed by atoms with E-state index in [1.807, 2.05) is 38.1 Å². The minimum absolute atomic E-state index is 0.0252. The van der Waals surface area contributed by atoms with Crippen molar-refractivity contribution in [1.29, 1.82) is 0 Å². The summed E-state index contributed by atoms with van der Waals surface area (Å²) in [5.41, 5.74) is 0.852. The molecule has 0 spiro atoms. The average Bonchev–Trinajstić information content (AvgIpc) is 2.58. The fraction of sp³-hybridized carbons (Fsp3) is 0.294. The van der Waals surface area contributed by atoms with E-state index in [2.05, 4.69) is 15.9 Å². The molecule has 2 N–H and O–H groups in total. The maximum Gasteiger partial charge on any atom is 0.243 e. The number of halogens is 1. The van der Waals surface area contributed by atoms with Crippen molar-refractivity contribution < 1.29 is 16.8 Å². The second-order valence-electron chi connectivity index (χ2n) is 5.83. The van der Waals surface area contributed by atoms with Gasteiger partial charge in [0.1, 0.15) is 0 Å². The van der Waals surface area contributed by atoms with Crippen molar-refractivity contribution in [1.82, 2.24) is 4.31 Å². The van der Waals surface area contributed by atoms with Gasteiger partial charge in [0.2, 0.25) is 20.0 Å². The molecule has 0 bridgehead atoms. The number of hydrogen-bond donors (Lipinski definition) is 1. The van der Waals surface area contributed by atoms with Crippen LogP contribution in [-0.4, -0.2) is 27.7 Å². The number of sulfonamides is 2. The molecule has 0 amide bonds. The lowest BCUT2D eigenvalue weighted by molar-refractivity contribution is 0.341. The highest BCUT2D eigenvalue weighted by Crippen LogP contribution is 2.32. The predicted octanol–water partition coefficient (Wildman–Crippen LogP) is 3.26. The van der Waals surface area contributed by atoms with Crippen LogP contribution in [0.4, 0.5) is 0 Å². The van der Waals surface area contributed by atoms with Crippen molar-refractivity contribution in [3.8, 4) is 0 Å². The molecule has 2 aromatic rings. The van der Waals surface area contributed by atoms with Crippen molar-refractivity contribution >= 4 is 36.0 Å². The molecule has 0 aromatic heterocycles. The maximum atomic E-state index is 13.1. The van der Waals surface area contributed by atoms with Crippen LogP contribution in [0, 0.1) is 0 Å². The third kappa shape index (κ3) is 4.52. The van der Waals surface area contributed by atoms with Gasteiger partial charge in [-0.2, -0.15) is 4.31 Å². The van der Waals surface area contributed by atoms with E-state index < -0.39 is 26.1 Å². The normalized spacial score (nSPS) is 13.7. The SMILES string of the molecule is CCCN(C(C)c1ccccc1Br)S(=O)(=O)c1ccc(S(N)(=O)=O)cc1. The molecular weight excluding hydrogens is 440 g/mol. The van der Waals surface area contributed by atoms with Crippen LogP contribution in [0.1, 0.15) is 31.9 Å².